The SMILES string of the molecule is CC1=CC(C(N)=O)=C2CC1(C(N)=O)c1ccc2cc1. The van der Waals surface area contributed by atoms with Gasteiger partial charge in [-0.05, 0) is 36.1 Å². The van der Waals surface area contributed by atoms with Crippen molar-refractivity contribution in [3.63, 3.8) is 0 Å². The Morgan fingerprint density at radius 1 is 1.16 bits per heavy atom. The van der Waals surface area contributed by atoms with E-state index in [1.54, 1.807) is 6.08 Å². The van der Waals surface area contributed by atoms with Gasteiger partial charge in [-0.2, -0.15) is 0 Å². The van der Waals surface area contributed by atoms with Gasteiger partial charge in [-0.3, -0.25) is 9.59 Å². The summed E-state index contributed by atoms with van der Waals surface area (Å²) in [5.41, 5.74) is 14.1. The average Bonchev–Trinajstić information content (AvgIpc) is 2.59. The number of rotatable bonds is 2. The van der Waals surface area contributed by atoms with Crippen LogP contribution in [0.1, 0.15) is 24.5 Å². The van der Waals surface area contributed by atoms with Gasteiger partial charge in [0.05, 0.1) is 5.41 Å². The van der Waals surface area contributed by atoms with E-state index in [4.69, 9.17) is 11.5 Å². The van der Waals surface area contributed by atoms with Crippen LogP contribution < -0.4 is 11.5 Å². The van der Waals surface area contributed by atoms with Crippen LogP contribution in [0.25, 0.3) is 5.57 Å². The molecule has 0 fully saturated rings. The van der Waals surface area contributed by atoms with Gasteiger partial charge in [-0.1, -0.05) is 29.8 Å². The number of amides is 2. The molecule has 0 radical (unpaired) electrons. The Morgan fingerprint density at radius 2 is 1.79 bits per heavy atom. The third-order valence-corrected chi connectivity index (χ3v) is 4.21. The molecular weight excluding hydrogens is 240 g/mol. The maximum Gasteiger partial charge on any atom is 0.248 e. The van der Waals surface area contributed by atoms with Crippen LogP contribution in [0, 0.1) is 0 Å². The highest BCUT2D eigenvalue weighted by Gasteiger charge is 2.45. The average molecular weight is 254 g/mol. The first-order chi connectivity index (χ1) is 8.96. The molecule has 0 saturated heterocycles. The largest absolute Gasteiger partial charge is 0.369 e. The Labute approximate surface area is 110 Å². The van der Waals surface area contributed by atoms with E-state index in [2.05, 4.69) is 0 Å². The lowest BCUT2D eigenvalue weighted by molar-refractivity contribution is -0.122. The first-order valence-electron chi connectivity index (χ1n) is 6.09. The van der Waals surface area contributed by atoms with Crippen LogP contribution in [0.3, 0.4) is 0 Å². The first kappa shape index (κ1) is 11.7. The van der Waals surface area contributed by atoms with E-state index < -0.39 is 17.2 Å². The fraction of sp³-hybridized carbons (Fsp3) is 0.200. The number of hydrogen-bond acceptors (Lipinski definition) is 2. The fourth-order valence-corrected chi connectivity index (χ4v) is 3.11. The molecule has 1 unspecified atom stereocenters. The van der Waals surface area contributed by atoms with Gasteiger partial charge in [0.1, 0.15) is 0 Å². The number of allylic oxidation sites excluding steroid dienone is 1. The van der Waals surface area contributed by atoms with Gasteiger partial charge in [-0.25, -0.2) is 0 Å². The van der Waals surface area contributed by atoms with Crippen LogP contribution in [0.4, 0.5) is 0 Å². The Balaban J connectivity index is 2.39. The summed E-state index contributed by atoms with van der Waals surface area (Å²) < 4.78 is 0. The predicted molar refractivity (Wildman–Crippen MR) is 71.8 cm³/mol. The van der Waals surface area contributed by atoms with Gasteiger partial charge in [0.15, 0.2) is 0 Å². The zero-order valence-electron chi connectivity index (χ0n) is 10.6. The lowest BCUT2D eigenvalue weighted by Gasteiger charge is -2.34. The molecule has 1 aromatic carbocycles. The van der Waals surface area contributed by atoms with E-state index in [1.165, 1.54) is 0 Å². The minimum atomic E-state index is -0.848. The van der Waals surface area contributed by atoms with Gasteiger partial charge in [0.25, 0.3) is 0 Å². The molecule has 4 bridgehead atoms. The first-order valence-corrected chi connectivity index (χ1v) is 6.09. The third-order valence-electron chi connectivity index (χ3n) is 4.21. The quantitative estimate of drug-likeness (QED) is 0.825. The van der Waals surface area contributed by atoms with Gasteiger partial charge in [-0.15, -0.1) is 0 Å². The molecule has 0 spiro atoms. The van der Waals surface area contributed by atoms with Crippen LogP contribution in [0.15, 0.2) is 41.5 Å². The van der Waals surface area contributed by atoms with E-state index in [9.17, 15) is 9.59 Å². The molecule has 1 aromatic rings. The number of hydrogen-bond donors (Lipinski definition) is 2. The minimum absolute atomic E-state index is 0.394. The van der Waals surface area contributed by atoms with E-state index in [-0.39, 0.29) is 0 Å². The summed E-state index contributed by atoms with van der Waals surface area (Å²) in [7, 11) is 0. The molecule has 19 heavy (non-hydrogen) atoms. The molecule has 4 N–H and O–H groups in total. The molecule has 2 amide bonds. The summed E-state index contributed by atoms with van der Waals surface area (Å²) >= 11 is 0. The summed E-state index contributed by atoms with van der Waals surface area (Å²) in [6.07, 6.45) is 2.11. The fourth-order valence-electron chi connectivity index (χ4n) is 3.11. The van der Waals surface area contributed by atoms with Crippen LogP contribution in [-0.4, -0.2) is 11.8 Å². The minimum Gasteiger partial charge on any atom is -0.369 e. The smallest absolute Gasteiger partial charge is 0.248 e. The van der Waals surface area contributed by atoms with Crippen molar-refractivity contribution in [1.82, 2.24) is 0 Å². The molecule has 4 rings (SSSR count). The number of nitrogens with two attached hydrogens (primary N) is 2. The van der Waals surface area contributed by atoms with Crippen LogP contribution >= 0.6 is 0 Å². The number of carbonyl (C=O) groups is 2. The number of carbonyl (C=O) groups excluding carboxylic acids is 2. The number of fused-ring (bicyclic) bond motifs is 2. The Morgan fingerprint density at radius 3 is 2.32 bits per heavy atom. The second-order valence-corrected chi connectivity index (χ2v) is 5.11. The third kappa shape index (κ3) is 1.34. The standard InChI is InChI=1S/C15H14N2O2/c1-8-6-11(13(16)18)12-7-15(8,14(17)19)10-4-2-9(12)3-5-10/h2-6H,7H2,1H3,(H2,16,18)(H2,17,19). The molecule has 4 nitrogen and oxygen atoms in total. The van der Waals surface area contributed by atoms with Gasteiger partial charge in [0, 0.05) is 5.57 Å². The van der Waals surface area contributed by atoms with Crippen molar-refractivity contribution in [2.75, 3.05) is 0 Å². The monoisotopic (exact) mass is 254 g/mol. The van der Waals surface area contributed by atoms with Crippen molar-refractivity contribution < 1.29 is 9.59 Å². The van der Waals surface area contributed by atoms with E-state index in [0.29, 0.717) is 12.0 Å². The van der Waals surface area contributed by atoms with Gasteiger partial charge >= 0.3 is 0 Å². The Hall–Kier alpha value is -2.36. The van der Waals surface area contributed by atoms with Crippen LogP contribution in [0.5, 0.6) is 0 Å². The molecule has 1 atom stereocenters. The van der Waals surface area contributed by atoms with Gasteiger partial charge < -0.3 is 11.5 Å². The number of primary amides is 2. The molecular formula is C15H14N2O2. The highest BCUT2D eigenvalue weighted by atomic mass is 16.1. The maximum absolute atomic E-state index is 12.1. The lowest BCUT2D eigenvalue weighted by atomic mass is 9.67. The molecule has 0 aliphatic heterocycles. The van der Waals surface area contributed by atoms with Crippen LogP contribution in [-0.2, 0) is 15.0 Å². The summed E-state index contributed by atoms with van der Waals surface area (Å²) in [6, 6.07) is 7.61. The molecule has 3 aliphatic carbocycles. The zero-order valence-corrected chi connectivity index (χ0v) is 10.6. The van der Waals surface area contributed by atoms with E-state index in [0.717, 1.165) is 22.3 Å². The number of benzene rings is 1. The lowest BCUT2D eigenvalue weighted by Crippen LogP contribution is -2.43. The normalized spacial score (nSPS) is 23.9. The van der Waals surface area contributed by atoms with Crippen molar-refractivity contribution in [1.29, 1.82) is 0 Å². The van der Waals surface area contributed by atoms with Crippen molar-refractivity contribution in [2.45, 2.75) is 18.8 Å². The highest BCUT2D eigenvalue weighted by molar-refractivity contribution is 6.07. The highest BCUT2D eigenvalue weighted by Crippen LogP contribution is 2.48. The molecule has 4 heteroatoms. The summed E-state index contributed by atoms with van der Waals surface area (Å²) in [6.45, 7) is 1.82. The predicted octanol–water partition coefficient (Wildman–Crippen LogP) is 1.01. The van der Waals surface area contributed by atoms with Crippen molar-refractivity contribution in [2.24, 2.45) is 11.5 Å². The van der Waals surface area contributed by atoms with E-state index in [1.807, 2.05) is 31.2 Å². The van der Waals surface area contributed by atoms with Crippen molar-refractivity contribution in [3.8, 4) is 0 Å². The summed E-state index contributed by atoms with van der Waals surface area (Å²) in [5, 5.41) is 0. The van der Waals surface area contributed by atoms with E-state index >= 15 is 0 Å². The van der Waals surface area contributed by atoms with Gasteiger partial charge in [0.2, 0.25) is 11.8 Å². The van der Waals surface area contributed by atoms with Crippen molar-refractivity contribution in [3.05, 3.63) is 52.6 Å². The Bertz CT molecular complexity index is 668. The summed E-state index contributed by atoms with van der Waals surface area (Å²) in [5.74, 6) is -0.869. The molecule has 0 aromatic heterocycles. The second-order valence-electron chi connectivity index (χ2n) is 5.11. The molecule has 0 heterocycles. The maximum atomic E-state index is 12.1. The topological polar surface area (TPSA) is 86.2 Å². The molecule has 0 saturated carbocycles. The van der Waals surface area contributed by atoms with Crippen LogP contribution in [0.2, 0.25) is 0 Å². The van der Waals surface area contributed by atoms with Crippen molar-refractivity contribution >= 4 is 17.4 Å². The Kier molecular flexibility index (Phi) is 2.20. The molecule has 96 valence electrons. The summed E-state index contributed by atoms with van der Waals surface area (Å²) in [4.78, 5) is 23.7. The second kappa shape index (κ2) is 3.57. The zero-order chi connectivity index (χ0) is 13.8. The molecule has 3 aliphatic rings.